The molecule has 1 aliphatic heterocycles. The minimum absolute atomic E-state index is 0.586. The summed E-state index contributed by atoms with van der Waals surface area (Å²) < 4.78 is 13.5. The van der Waals surface area contributed by atoms with Crippen molar-refractivity contribution in [3.63, 3.8) is 0 Å². The van der Waals surface area contributed by atoms with Crippen molar-refractivity contribution in [3.05, 3.63) is 11.8 Å². The van der Waals surface area contributed by atoms with Crippen molar-refractivity contribution in [2.24, 2.45) is 5.92 Å². The van der Waals surface area contributed by atoms with E-state index in [1.54, 1.807) is 0 Å². The Kier molecular flexibility index (Phi) is 4.61. The highest BCUT2D eigenvalue weighted by atomic mass is 16.5. The van der Waals surface area contributed by atoms with Gasteiger partial charge in [0.05, 0.1) is 12.6 Å². The van der Waals surface area contributed by atoms with Crippen LogP contribution in [0.3, 0.4) is 0 Å². The van der Waals surface area contributed by atoms with Crippen LogP contribution in [0, 0.1) is 12.8 Å². The van der Waals surface area contributed by atoms with Gasteiger partial charge in [-0.25, -0.2) is 0 Å². The lowest BCUT2D eigenvalue weighted by molar-refractivity contribution is 0.0487. The number of aromatic nitrogens is 2. The van der Waals surface area contributed by atoms with Gasteiger partial charge in [0.1, 0.15) is 0 Å². The molecule has 1 aromatic heterocycles. The van der Waals surface area contributed by atoms with Gasteiger partial charge in [0.25, 0.3) is 0 Å². The van der Waals surface area contributed by atoms with Crippen LogP contribution in [0.25, 0.3) is 0 Å². The Bertz CT molecular complexity index is 418. The Morgan fingerprint density at radius 1 is 1.20 bits per heavy atom. The van der Waals surface area contributed by atoms with Gasteiger partial charge >= 0.3 is 0 Å². The summed E-state index contributed by atoms with van der Waals surface area (Å²) in [5.41, 5.74) is 1.17. The Balaban J connectivity index is 1.57. The zero-order valence-corrected chi connectivity index (χ0v) is 12.5. The number of rotatable bonds is 4. The van der Waals surface area contributed by atoms with Gasteiger partial charge in [0.2, 0.25) is 5.88 Å². The Morgan fingerprint density at radius 3 is 2.70 bits per heavy atom. The van der Waals surface area contributed by atoms with Gasteiger partial charge in [-0.1, -0.05) is 19.3 Å². The van der Waals surface area contributed by atoms with Crippen molar-refractivity contribution in [1.82, 2.24) is 9.78 Å². The van der Waals surface area contributed by atoms with E-state index in [4.69, 9.17) is 9.47 Å². The van der Waals surface area contributed by atoms with Crippen LogP contribution in [-0.2, 0) is 4.74 Å². The monoisotopic (exact) mass is 278 g/mol. The van der Waals surface area contributed by atoms with Crippen molar-refractivity contribution in [2.45, 2.75) is 57.9 Å². The molecule has 112 valence electrons. The van der Waals surface area contributed by atoms with Gasteiger partial charge in [-0.3, -0.25) is 4.68 Å². The highest BCUT2D eigenvalue weighted by Gasteiger charge is 2.19. The number of aryl methyl sites for hydroxylation is 1. The second kappa shape index (κ2) is 6.61. The molecule has 0 radical (unpaired) electrons. The van der Waals surface area contributed by atoms with E-state index in [1.807, 2.05) is 0 Å². The number of nitrogens with zero attached hydrogens (tertiary/aromatic N) is 2. The lowest BCUT2D eigenvalue weighted by Gasteiger charge is -2.22. The molecular weight excluding hydrogens is 252 g/mol. The first kappa shape index (κ1) is 13.9. The molecule has 2 aliphatic rings. The fourth-order valence-electron chi connectivity index (χ4n) is 3.25. The zero-order chi connectivity index (χ0) is 13.8. The average molecular weight is 278 g/mol. The van der Waals surface area contributed by atoms with Crippen LogP contribution in [0.5, 0.6) is 5.88 Å². The summed E-state index contributed by atoms with van der Waals surface area (Å²) in [5.74, 6) is 1.46. The molecule has 4 nitrogen and oxygen atoms in total. The van der Waals surface area contributed by atoms with Crippen LogP contribution in [0.2, 0.25) is 0 Å². The summed E-state index contributed by atoms with van der Waals surface area (Å²) >= 11 is 0. The molecule has 4 heteroatoms. The normalized spacial score (nSPS) is 22.1. The summed E-state index contributed by atoms with van der Waals surface area (Å²) in [5, 5.41) is 4.68. The van der Waals surface area contributed by atoms with Crippen LogP contribution < -0.4 is 4.74 Å². The van der Waals surface area contributed by atoms with Gasteiger partial charge in [0, 0.05) is 25.0 Å². The number of hydrogen-bond donors (Lipinski definition) is 0. The van der Waals surface area contributed by atoms with E-state index in [0.717, 1.165) is 38.5 Å². The quantitative estimate of drug-likeness (QED) is 0.845. The molecule has 1 saturated carbocycles. The molecule has 0 amide bonds. The maximum Gasteiger partial charge on any atom is 0.235 e. The molecule has 0 bridgehead atoms. The van der Waals surface area contributed by atoms with Gasteiger partial charge in [-0.15, -0.1) is 5.10 Å². The number of ether oxygens (including phenoxy) is 2. The SMILES string of the molecule is Cc1cn(C2CCCCC2)nc1OCC1CCOCC1. The van der Waals surface area contributed by atoms with Gasteiger partial charge in [0.15, 0.2) is 0 Å². The molecular formula is C16H26N2O2. The van der Waals surface area contributed by atoms with Crippen LogP contribution in [0.1, 0.15) is 56.6 Å². The molecule has 0 atom stereocenters. The smallest absolute Gasteiger partial charge is 0.235 e. The van der Waals surface area contributed by atoms with Crippen molar-refractivity contribution in [3.8, 4) is 5.88 Å². The Hall–Kier alpha value is -1.03. The largest absolute Gasteiger partial charge is 0.476 e. The molecule has 3 rings (SSSR count). The Morgan fingerprint density at radius 2 is 1.95 bits per heavy atom. The van der Waals surface area contributed by atoms with E-state index in [2.05, 4.69) is 22.9 Å². The molecule has 1 aromatic rings. The predicted octanol–water partition coefficient (Wildman–Crippen LogP) is 3.50. The molecule has 20 heavy (non-hydrogen) atoms. The fourth-order valence-corrected chi connectivity index (χ4v) is 3.25. The maximum absolute atomic E-state index is 5.96. The van der Waals surface area contributed by atoms with E-state index >= 15 is 0 Å². The third-order valence-electron chi connectivity index (χ3n) is 4.61. The van der Waals surface area contributed by atoms with Crippen LogP contribution in [-0.4, -0.2) is 29.6 Å². The van der Waals surface area contributed by atoms with E-state index < -0.39 is 0 Å². The van der Waals surface area contributed by atoms with Crippen LogP contribution in [0.15, 0.2) is 6.20 Å². The molecule has 2 fully saturated rings. The molecule has 1 aliphatic carbocycles. The first-order valence-electron chi connectivity index (χ1n) is 8.09. The van der Waals surface area contributed by atoms with Crippen LogP contribution >= 0.6 is 0 Å². The second-order valence-electron chi connectivity index (χ2n) is 6.26. The summed E-state index contributed by atoms with van der Waals surface area (Å²) in [6, 6.07) is 0.586. The zero-order valence-electron chi connectivity index (χ0n) is 12.5. The lowest BCUT2D eigenvalue weighted by Crippen LogP contribution is -2.21. The summed E-state index contributed by atoms with van der Waals surface area (Å²) in [4.78, 5) is 0. The minimum atomic E-state index is 0.586. The van der Waals surface area contributed by atoms with Crippen molar-refractivity contribution < 1.29 is 9.47 Å². The first-order chi connectivity index (χ1) is 9.83. The molecule has 0 unspecified atom stereocenters. The topological polar surface area (TPSA) is 36.3 Å². The van der Waals surface area contributed by atoms with Crippen molar-refractivity contribution in [1.29, 1.82) is 0 Å². The first-order valence-corrected chi connectivity index (χ1v) is 8.09. The summed E-state index contributed by atoms with van der Waals surface area (Å²) in [7, 11) is 0. The molecule has 0 aromatic carbocycles. The third-order valence-corrected chi connectivity index (χ3v) is 4.61. The van der Waals surface area contributed by atoms with E-state index in [9.17, 15) is 0 Å². The minimum Gasteiger partial charge on any atom is -0.476 e. The summed E-state index contributed by atoms with van der Waals surface area (Å²) in [6.45, 7) is 4.64. The van der Waals surface area contributed by atoms with E-state index in [1.165, 1.54) is 37.7 Å². The van der Waals surface area contributed by atoms with Gasteiger partial charge < -0.3 is 9.47 Å². The molecule has 1 saturated heterocycles. The third kappa shape index (κ3) is 3.35. The molecule has 0 spiro atoms. The second-order valence-corrected chi connectivity index (χ2v) is 6.26. The summed E-state index contributed by atoms with van der Waals surface area (Å²) in [6.07, 6.45) is 11.0. The van der Waals surface area contributed by atoms with E-state index in [-0.39, 0.29) is 0 Å². The molecule has 0 N–H and O–H groups in total. The van der Waals surface area contributed by atoms with Crippen molar-refractivity contribution >= 4 is 0 Å². The van der Waals surface area contributed by atoms with Crippen LogP contribution in [0.4, 0.5) is 0 Å². The highest BCUT2D eigenvalue weighted by Crippen LogP contribution is 2.29. The molecule has 2 heterocycles. The fraction of sp³-hybridized carbons (Fsp3) is 0.812. The maximum atomic E-state index is 5.96. The highest BCUT2D eigenvalue weighted by molar-refractivity contribution is 5.21. The van der Waals surface area contributed by atoms with E-state index in [0.29, 0.717) is 12.0 Å². The Labute approximate surface area is 121 Å². The average Bonchev–Trinajstić information content (AvgIpc) is 2.88. The van der Waals surface area contributed by atoms with Gasteiger partial charge in [-0.05, 0) is 38.5 Å². The predicted molar refractivity (Wildman–Crippen MR) is 78.1 cm³/mol. The number of hydrogen-bond acceptors (Lipinski definition) is 3. The lowest BCUT2D eigenvalue weighted by atomic mass is 9.96. The van der Waals surface area contributed by atoms with Gasteiger partial charge in [-0.2, -0.15) is 0 Å². The van der Waals surface area contributed by atoms with Crippen molar-refractivity contribution in [2.75, 3.05) is 19.8 Å². The standard InChI is InChI=1S/C16H26N2O2/c1-13-11-18(15-5-3-2-4-6-15)17-16(13)20-12-14-7-9-19-10-8-14/h11,14-15H,2-10,12H2,1H3.